The summed E-state index contributed by atoms with van der Waals surface area (Å²) < 4.78 is 5.66. The average Bonchev–Trinajstić information content (AvgIpc) is 2.55. The SMILES string of the molecule is N#Cc1ccc(C(=O)O[C@@H]2CCCc3ccccc32)cc1. The normalized spacial score (nSPS) is 16.6. The summed E-state index contributed by atoms with van der Waals surface area (Å²) in [7, 11) is 0. The largest absolute Gasteiger partial charge is 0.454 e. The maximum atomic E-state index is 12.2. The first-order chi connectivity index (χ1) is 10.3. The van der Waals surface area contributed by atoms with Crippen LogP contribution in [0.25, 0.3) is 0 Å². The summed E-state index contributed by atoms with van der Waals surface area (Å²) in [6.07, 6.45) is 2.76. The van der Waals surface area contributed by atoms with Crippen LogP contribution in [0, 0.1) is 11.3 Å². The predicted octanol–water partition coefficient (Wildman–Crippen LogP) is 3.79. The lowest BCUT2D eigenvalue weighted by Gasteiger charge is -2.25. The molecular weight excluding hydrogens is 262 g/mol. The Morgan fingerprint density at radius 1 is 1.14 bits per heavy atom. The van der Waals surface area contributed by atoms with E-state index >= 15 is 0 Å². The fourth-order valence-corrected chi connectivity index (χ4v) is 2.71. The lowest BCUT2D eigenvalue weighted by molar-refractivity contribution is 0.0256. The monoisotopic (exact) mass is 277 g/mol. The van der Waals surface area contributed by atoms with Crippen molar-refractivity contribution in [2.24, 2.45) is 0 Å². The Labute approximate surface area is 123 Å². The van der Waals surface area contributed by atoms with Gasteiger partial charge in [0, 0.05) is 0 Å². The Kier molecular flexibility index (Phi) is 3.70. The van der Waals surface area contributed by atoms with Gasteiger partial charge in [-0.2, -0.15) is 5.26 Å². The van der Waals surface area contributed by atoms with Gasteiger partial charge in [-0.05, 0) is 54.7 Å². The second-order valence-corrected chi connectivity index (χ2v) is 5.17. The van der Waals surface area contributed by atoms with Crippen LogP contribution in [0.4, 0.5) is 0 Å². The quantitative estimate of drug-likeness (QED) is 0.785. The number of esters is 1. The van der Waals surface area contributed by atoms with Crippen molar-refractivity contribution < 1.29 is 9.53 Å². The molecule has 104 valence electrons. The second-order valence-electron chi connectivity index (χ2n) is 5.17. The Bertz CT molecular complexity index is 698. The Morgan fingerprint density at radius 2 is 1.90 bits per heavy atom. The van der Waals surface area contributed by atoms with E-state index in [0.717, 1.165) is 24.8 Å². The molecule has 0 fully saturated rings. The van der Waals surface area contributed by atoms with Crippen LogP contribution in [0.3, 0.4) is 0 Å². The van der Waals surface area contributed by atoms with Crippen LogP contribution >= 0.6 is 0 Å². The number of hydrogen-bond acceptors (Lipinski definition) is 3. The van der Waals surface area contributed by atoms with E-state index in [-0.39, 0.29) is 12.1 Å². The van der Waals surface area contributed by atoms with Crippen LogP contribution in [-0.2, 0) is 11.2 Å². The van der Waals surface area contributed by atoms with Crippen LogP contribution in [0.2, 0.25) is 0 Å². The molecule has 0 radical (unpaired) electrons. The molecule has 0 aliphatic heterocycles. The van der Waals surface area contributed by atoms with Gasteiger partial charge in [0.05, 0.1) is 17.2 Å². The van der Waals surface area contributed by atoms with Crippen molar-refractivity contribution in [2.45, 2.75) is 25.4 Å². The molecule has 0 spiro atoms. The van der Waals surface area contributed by atoms with Gasteiger partial charge in [-0.15, -0.1) is 0 Å². The number of carbonyl (C=O) groups excluding carboxylic acids is 1. The highest BCUT2D eigenvalue weighted by Gasteiger charge is 2.23. The molecule has 1 aliphatic rings. The summed E-state index contributed by atoms with van der Waals surface area (Å²) in [6, 6.07) is 16.7. The number of nitrogens with zero attached hydrogens (tertiary/aromatic N) is 1. The third-order valence-corrected chi connectivity index (χ3v) is 3.81. The predicted molar refractivity (Wildman–Crippen MR) is 78.7 cm³/mol. The molecule has 0 heterocycles. The van der Waals surface area contributed by atoms with Gasteiger partial charge in [-0.3, -0.25) is 0 Å². The molecule has 1 atom stereocenters. The van der Waals surface area contributed by atoms with Crippen molar-refractivity contribution >= 4 is 5.97 Å². The van der Waals surface area contributed by atoms with Crippen molar-refractivity contribution in [3.05, 3.63) is 70.8 Å². The third-order valence-electron chi connectivity index (χ3n) is 3.81. The smallest absolute Gasteiger partial charge is 0.338 e. The Hall–Kier alpha value is -2.60. The fourth-order valence-electron chi connectivity index (χ4n) is 2.71. The topological polar surface area (TPSA) is 50.1 Å². The molecule has 0 aromatic heterocycles. The van der Waals surface area contributed by atoms with Crippen LogP contribution < -0.4 is 0 Å². The van der Waals surface area contributed by atoms with Crippen LogP contribution in [0.15, 0.2) is 48.5 Å². The third kappa shape index (κ3) is 2.80. The highest BCUT2D eigenvalue weighted by Crippen LogP contribution is 2.32. The van der Waals surface area contributed by atoms with Crippen LogP contribution in [0.5, 0.6) is 0 Å². The van der Waals surface area contributed by atoms with Gasteiger partial charge in [0.25, 0.3) is 0 Å². The van der Waals surface area contributed by atoms with Crippen molar-refractivity contribution in [1.82, 2.24) is 0 Å². The molecule has 0 amide bonds. The average molecular weight is 277 g/mol. The van der Waals surface area contributed by atoms with E-state index in [1.165, 1.54) is 5.56 Å². The molecule has 1 aliphatic carbocycles. The van der Waals surface area contributed by atoms with Gasteiger partial charge < -0.3 is 4.74 Å². The molecule has 3 heteroatoms. The number of aryl methyl sites for hydroxylation is 1. The van der Waals surface area contributed by atoms with Crippen LogP contribution in [0.1, 0.15) is 46.0 Å². The number of ether oxygens (including phenoxy) is 1. The minimum Gasteiger partial charge on any atom is -0.454 e. The van der Waals surface area contributed by atoms with Gasteiger partial charge in [-0.1, -0.05) is 24.3 Å². The van der Waals surface area contributed by atoms with Gasteiger partial charge >= 0.3 is 5.97 Å². The summed E-state index contributed by atoms with van der Waals surface area (Å²) in [5.74, 6) is -0.332. The van der Waals surface area contributed by atoms with Gasteiger partial charge in [0.2, 0.25) is 0 Å². The number of benzene rings is 2. The van der Waals surface area contributed by atoms with E-state index in [2.05, 4.69) is 6.07 Å². The highest BCUT2D eigenvalue weighted by atomic mass is 16.5. The molecule has 0 saturated carbocycles. The molecule has 2 aromatic carbocycles. The zero-order valence-corrected chi connectivity index (χ0v) is 11.6. The van der Waals surface area contributed by atoms with Gasteiger partial charge in [0.15, 0.2) is 0 Å². The van der Waals surface area contributed by atoms with E-state index in [1.54, 1.807) is 24.3 Å². The van der Waals surface area contributed by atoms with E-state index in [4.69, 9.17) is 10.00 Å². The second kappa shape index (κ2) is 5.80. The first-order valence-corrected chi connectivity index (χ1v) is 7.07. The number of nitriles is 1. The molecule has 0 unspecified atom stereocenters. The van der Waals surface area contributed by atoms with Crippen molar-refractivity contribution in [3.63, 3.8) is 0 Å². The summed E-state index contributed by atoms with van der Waals surface area (Å²) in [4.78, 5) is 12.2. The lowest BCUT2D eigenvalue weighted by Crippen LogP contribution is -2.16. The summed E-state index contributed by atoms with van der Waals surface area (Å²) >= 11 is 0. The summed E-state index contributed by atoms with van der Waals surface area (Å²) in [5.41, 5.74) is 3.40. The van der Waals surface area contributed by atoms with E-state index in [9.17, 15) is 4.79 Å². The lowest BCUT2D eigenvalue weighted by atomic mass is 9.89. The minimum atomic E-state index is -0.332. The molecule has 3 nitrogen and oxygen atoms in total. The van der Waals surface area contributed by atoms with E-state index in [0.29, 0.717) is 11.1 Å². The molecule has 0 bridgehead atoms. The fraction of sp³-hybridized carbons (Fsp3) is 0.222. The molecule has 0 N–H and O–H groups in total. The number of carbonyl (C=O) groups is 1. The zero-order valence-electron chi connectivity index (χ0n) is 11.6. The first kappa shape index (κ1) is 13.4. The number of fused-ring (bicyclic) bond motifs is 1. The molecule has 0 saturated heterocycles. The molecular formula is C18H15NO2. The maximum Gasteiger partial charge on any atom is 0.338 e. The first-order valence-electron chi connectivity index (χ1n) is 7.07. The van der Waals surface area contributed by atoms with E-state index < -0.39 is 0 Å². The van der Waals surface area contributed by atoms with Crippen molar-refractivity contribution in [3.8, 4) is 6.07 Å². The maximum absolute atomic E-state index is 12.2. The number of hydrogen-bond donors (Lipinski definition) is 0. The molecule has 21 heavy (non-hydrogen) atoms. The Morgan fingerprint density at radius 3 is 2.67 bits per heavy atom. The standard InChI is InChI=1S/C18H15NO2/c19-12-13-8-10-15(11-9-13)18(20)21-17-7-3-5-14-4-1-2-6-16(14)17/h1-2,4,6,8-11,17H,3,5,7H2/t17-/m1/s1. The molecule has 2 aromatic rings. The minimum absolute atomic E-state index is 0.168. The number of rotatable bonds is 2. The Balaban J connectivity index is 1.78. The summed E-state index contributed by atoms with van der Waals surface area (Å²) in [5, 5.41) is 8.77. The van der Waals surface area contributed by atoms with E-state index in [1.807, 2.05) is 24.3 Å². The molecule has 3 rings (SSSR count). The highest BCUT2D eigenvalue weighted by molar-refractivity contribution is 5.89. The van der Waals surface area contributed by atoms with Crippen LogP contribution in [-0.4, -0.2) is 5.97 Å². The van der Waals surface area contributed by atoms with Gasteiger partial charge in [0.1, 0.15) is 6.10 Å². The van der Waals surface area contributed by atoms with Gasteiger partial charge in [-0.25, -0.2) is 4.79 Å². The van der Waals surface area contributed by atoms with Crippen molar-refractivity contribution in [2.75, 3.05) is 0 Å². The zero-order chi connectivity index (χ0) is 14.7. The summed E-state index contributed by atoms with van der Waals surface area (Å²) in [6.45, 7) is 0. The van der Waals surface area contributed by atoms with Crippen molar-refractivity contribution in [1.29, 1.82) is 5.26 Å².